The summed E-state index contributed by atoms with van der Waals surface area (Å²) in [5, 5.41) is 7.34. The van der Waals surface area contributed by atoms with Crippen molar-refractivity contribution >= 4 is 5.84 Å². The normalized spacial score (nSPS) is 11.3. The van der Waals surface area contributed by atoms with Gasteiger partial charge >= 0.3 is 0 Å². The van der Waals surface area contributed by atoms with Crippen molar-refractivity contribution in [2.24, 2.45) is 11.1 Å². The summed E-state index contributed by atoms with van der Waals surface area (Å²) in [4.78, 5) is 0. The third-order valence-corrected chi connectivity index (χ3v) is 2.63. The molecule has 1 rings (SSSR count). The van der Waals surface area contributed by atoms with Gasteiger partial charge in [-0.1, -0.05) is 19.9 Å². The summed E-state index contributed by atoms with van der Waals surface area (Å²) in [7, 11) is 0. The van der Waals surface area contributed by atoms with Crippen LogP contribution >= 0.6 is 0 Å². The molecule has 0 bridgehead atoms. The number of rotatable bonds is 5. The number of nitrogens with one attached hydrogen (secondary N) is 1. The van der Waals surface area contributed by atoms with Gasteiger partial charge in [-0.05, 0) is 18.6 Å². The van der Waals surface area contributed by atoms with Crippen LogP contribution in [0.1, 0.15) is 20.3 Å². The predicted molar refractivity (Wildman–Crippen MR) is 62.2 cm³/mol. The summed E-state index contributed by atoms with van der Waals surface area (Å²) >= 11 is 0. The van der Waals surface area contributed by atoms with Crippen molar-refractivity contribution in [3.8, 4) is 5.75 Å². The molecule has 0 atom stereocenters. The van der Waals surface area contributed by atoms with E-state index in [4.69, 9.17) is 15.9 Å². The molecule has 0 spiro atoms. The lowest BCUT2D eigenvalue weighted by atomic mass is 9.88. The Kier molecular flexibility index (Phi) is 4.04. The average Bonchev–Trinajstić information content (AvgIpc) is 2.24. The fraction of sp³-hybridized carbons (Fsp3) is 0.417. The molecule has 0 saturated carbocycles. The lowest BCUT2D eigenvalue weighted by Crippen LogP contribution is -2.32. The molecule has 3 N–H and O–H groups in total. The van der Waals surface area contributed by atoms with E-state index in [2.05, 4.69) is 0 Å². The first-order valence-electron chi connectivity index (χ1n) is 5.26. The van der Waals surface area contributed by atoms with Gasteiger partial charge in [-0.25, -0.2) is 4.39 Å². The summed E-state index contributed by atoms with van der Waals surface area (Å²) in [6, 6.07) is 3.77. The fourth-order valence-electron chi connectivity index (χ4n) is 1.15. The number of hydrogen-bond acceptors (Lipinski definition) is 2. The number of amidine groups is 1. The summed E-state index contributed by atoms with van der Waals surface area (Å²) in [5.41, 5.74) is 4.89. The molecule has 5 heteroatoms. The molecule has 0 saturated heterocycles. The van der Waals surface area contributed by atoms with Crippen molar-refractivity contribution in [1.29, 1.82) is 5.41 Å². The average molecular weight is 242 g/mol. The number of ether oxygens (including phenoxy) is 1. The Morgan fingerprint density at radius 2 is 2.06 bits per heavy atom. The van der Waals surface area contributed by atoms with Gasteiger partial charge in [0.15, 0.2) is 11.6 Å². The lowest BCUT2D eigenvalue weighted by Gasteiger charge is -2.22. The molecule has 1 aromatic rings. The molecule has 94 valence electrons. The van der Waals surface area contributed by atoms with Gasteiger partial charge in [-0.3, -0.25) is 5.41 Å². The van der Waals surface area contributed by atoms with Gasteiger partial charge in [0.25, 0.3) is 0 Å². The molecular weight excluding hydrogens is 226 g/mol. The Bertz CT molecular complexity index is 419. The van der Waals surface area contributed by atoms with Gasteiger partial charge < -0.3 is 10.5 Å². The highest BCUT2D eigenvalue weighted by molar-refractivity contribution is 5.82. The third-order valence-electron chi connectivity index (χ3n) is 2.63. The second-order valence-corrected chi connectivity index (χ2v) is 4.45. The molecule has 0 radical (unpaired) electrons. The Balaban J connectivity index is 2.58. The summed E-state index contributed by atoms with van der Waals surface area (Å²) in [5.74, 6) is -2.01. The maximum Gasteiger partial charge on any atom is 0.200 e. The molecule has 0 aliphatic heterocycles. The standard InChI is InChI=1S/C12H16F2N2O/c1-12(2,11(15)16)6-7-17-9-5-3-4-8(13)10(9)14/h3-5H,6-7H2,1-2H3,(H3,15,16). The summed E-state index contributed by atoms with van der Waals surface area (Å²) in [6.45, 7) is 3.76. The van der Waals surface area contributed by atoms with Gasteiger partial charge in [0.05, 0.1) is 12.4 Å². The zero-order valence-corrected chi connectivity index (χ0v) is 9.89. The topological polar surface area (TPSA) is 59.1 Å². The minimum atomic E-state index is -0.992. The Morgan fingerprint density at radius 3 is 2.65 bits per heavy atom. The molecule has 0 aromatic heterocycles. The van der Waals surface area contributed by atoms with Crippen LogP contribution in [0.5, 0.6) is 5.75 Å². The Labute approximate surface area is 99.1 Å². The fourth-order valence-corrected chi connectivity index (χ4v) is 1.15. The van der Waals surface area contributed by atoms with E-state index in [-0.39, 0.29) is 18.2 Å². The monoisotopic (exact) mass is 242 g/mol. The minimum absolute atomic E-state index is 0.0424. The van der Waals surface area contributed by atoms with Crippen LogP contribution in [-0.2, 0) is 0 Å². The van der Waals surface area contributed by atoms with Crippen molar-refractivity contribution in [3.05, 3.63) is 29.8 Å². The maximum absolute atomic E-state index is 13.2. The van der Waals surface area contributed by atoms with Crippen molar-refractivity contribution in [2.75, 3.05) is 6.61 Å². The summed E-state index contributed by atoms with van der Waals surface area (Å²) in [6.07, 6.45) is 0.457. The van der Waals surface area contributed by atoms with E-state index in [9.17, 15) is 8.78 Å². The van der Waals surface area contributed by atoms with Crippen molar-refractivity contribution in [1.82, 2.24) is 0 Å². The first kappa shape index (κ1) is 13.4. The number of nitrogens with two attached hydrogens (primary N) is 1. The summed E-state index contributed by atoms with van der Waals surface area (Å²) < 4.78 is 31.2. The van der Waals surface area contributed by atoms with Crippen LogP contribution in [0.4, 0.5) is 8.78 Å². The van der Waals surface area contributed by atoms with Crippen LogP contribution in [0.15, 0.2) is 18.2 Å². The molecule has 17 heavy (non-hydrogen) atoms. The SMILES string of the molecule is CC(C)(CCOc1cccc(F)c1F)C(=N)N. The van der Waals surface area contributed by atoms with Gasteiger partial charge in [0, 0.05) is 5.41 Å². The maximum atomic E-state index is 13.2. The van der Waals surface area contributed by atoms with Gasteiger partial charge in [-0.2, -0.15) is 4.39 Å². The highest BCUT2D eigenvalue weighted by Crippen LogP contribution is 2.23. The smallest absolute Gasteiger partial charge is 0.200 e. The minimum Gasteiger partial charge on any atom is -0.490 e. The molecular formula is C12H16F2N2O. The molecule has 0 amide bonds. The van der Waals surface area contributed by atoms with Crippen LogP contribution in [0.25, 0.3) is 0 Å². The first-order valence-corrected chi connectivity index (χ1v) is 5.26. The molecule has 0 unspecified atom stereocenters. The van der Waals surface area contributed by atoms with Crippen LogP contribution in [0.3, 0.4) is 0 Å². The Morgan fingerprint density at radius 1 is 1.41 bits per heavy atom. The van der Waals surface area contributed by atoms with Gasteiger partial charge in [-0.15, -0.1) is 0 Å². The number of hydrogen-bond donors (Lipinski definition) is 2. The van der Waals surface area contributed by atoms with Crippen molar-refractivity contribution in [3.63, 3.8) is 0 Å². The van der Waals surface area contributed by atoms with E-state index in [1.165, 1.54) is 12.1 Å². The van der Waals surface area contributed by atoms with Crippen molar-refractivity contribution in [2.45, 2.75) is 20.3 Å². The van der Waals surface area contributed by atoms with Crippen LogP contribution in [0, 0.1) is 22.5 Å². The van der Waals surface area contributed by atoms with E-state index in [1.54, 1.807) is 13.8 Å². The zero-order chi connectivity index (χ0) is 13.1. The van der Waals surface area contributed by atoms with Crippen LogP contribution in [0.2, 0.25) is 0 Å². The molecule has 0 aliphatic carbocycles. The van der Waals surface area contributed by atoms with Crippen LogP contribution in [-0.4, -0.2) is 12.4 Å². The molecule has 0 heterocycles. The van der Waals surface area contributed by atoms with Gasteiger partial charge in [0.2, 0.25) is 5.82 Å². The van der Waals surface area contributed by atoms with E-state index in [1.807, 2.05) is 0 Å². The highest BCUT2D eigenvalue weighted by atomic mass is 19.2. The number of benzene rings is 1. The lowest BCUT2D eigenvalue weighted by molar-refractivity contribution is 0.255. The molecule has 0 fully saturated rings. The first-order chi connectivity index (χ1) is 7.84. The third kappa shape index (κ3) is 3.41. The number of halogens is 2. The molecule has 0 aliphatic rings. The van der Waals surface area contributed by atoms with E-state index >= 15 is 0 Å². The second-order valence-electron chi connectivity index (χ2n) is 4.45. The van der Waals surface area contributed by atoms with Gasteiger partial charge in [0.1, 0.15) is 0 Å². The van der Waals surface area contributed by atoms with E-state index < -0.39 is 17.0 Å². The quantitative estimate of drug-likeness (QED) is 0.616. The second kappa shape index (κ2) is 5.12. The van der Waals surface area contributed by atoms with Crippen molar-refractivity contribution < 1.29 is 13.5 Å². The molecule has 3 nitrogen and oxygen atoms in total. The highest BCUT2D eigenvalue weighted by Gasteiger charge is 2.21. The largest absolute Gasteiger partial charge is 0.490 e. The zero-order valence-electron chi connectivity index (χ0n) is 9.89. The van der Waals surface area contributed by atoms with Crippen LogP contribution < -0.4 is 10.5 Å². The van der Waals surface area contributed by atoms with E-state index in [0.29, 0.717) is 6.42 Å². The molecule has 1 aromatic carbocycles. The Hall–Kier alpha value is -1.65. The predicted octanol–water partition coefficient (Wildman–Crippen LogP) is 2.70. The van der Waals surface area contributed by atoms with E-state index in [0.717, 1.165) is 6.07 Å².